The van der Waals surface area contributed by atoms with Crippen LogP contribution in [-0.4, -0.2) is 89.7 Å². The Morgan fingerprint density at radius 3 is 2.28 bits per heavy atom. The third-order valence-corrected chi connectivity index (χ3v) is 3.79. The number of carbonyl (C=O) groups is 1. The highest BCUT2D eigenvalue weighted by Gasteiger charge is 2.31. The number of rotatable bonds is 8. The standard InChI is InChI=1S/C12H24N2O4/c15-10-5-13-3-7-14(8-4-13,9-11-16)6-1-2-12(17)18/h15-16H,1-11H2/p+1. The van der Waals surface area contributed by atoms with Crippen molar-refractivity contribution in [2.75, 3.05) is 59.0 Å². The maximum absolute atomic E-state index is 10.5. The molecule has 3 N–H and O–H groups in total. The summed E-state index contributed by atoms with van der Waals surface area (Å²) in [5.41, 5.74) is 0. The van der Waals surface area contributed by atoms with Gasteiger partial charge in [-0.05, 0) is 0 Å². The second kappa shape index (κ2) is 7.68. The lowest BCUT2D eigenvalue weighted by molar-refractivity contribution is -0.932. The summed E-state index contributed by atoms with van der Waals surface area (Å²) in [5, 5.41) is 26.8. The lowest BCUT2D eigenvalue weighted by atomic mass is 10.2. The van der Waals surface area contributed by atoms with Crippen molar-refractivity contribution in [3.05, 3.63) is 0 Å². The topological polar surface area (TPSA) is 81.0 Å². The maximum Gasteiger partial charge on any atom is 0.303 e. The van der Waals surface area contributed by atoms with E-state index in [-0.39, 0.29) is 19.6 Å². The molecule has 1 aliphatic rings. The van der Waals surface area contributed by atoms with Gasteiger partial charge in [-0.2, -0.15) is 0 Å². The number of carboxylic acid groups (broad SMARTS) is 1. The summed E-state index contributed by atoms with van der Waals surface area (Å²) < 4.78 is 0.811. The molecule has 6 heteroatoms. The Kier molecular flexibility index (Phi) is 6.56. The number of β-amino-alcohol motifs (C(OH)–C–C–N with tert-alkyl or cyclic N) is 1. The van der Waals surface area contributed by atoms with Gasteiger partial charge in [0.25, 0.3) is 0 Å². The molecule has 0 aromatic carbocycles. The molecule has 1 saturated heterocycles. The van der Waals surface area contributed by atoms with Crippen molar-refractivity contribution in [1.29, 1.82) is 0 Å². The van der Waals surface area contributed by atoms with Gasteiger partial charge < -0.3 is 19.8 Å². The van der Waals surface area contributed by atoms with E-state index >= 15 is 0 Å². The Morgan fingerprint density at radius 2 is 1.78 bits per heavy atom. The Labute approximate surface area is 108 Å². The first-order valence-corrected chi connectivity index (χ1v) is 6.63. The molecule has 18 heavy (non-hydrogen) atoms. The van der Waals surface area contributed by atoms with Gasteiger partial charge in [-0.3, -0.25) is 9.69 Å². The second-order valence-electron chi connectivity index (χ2n) is 5.02. The van der Waals surface area contributed by atoms with Crippen LogP contribution in [0.15, 0.2) is 0 Å². The molecule has 6 nitrogen and oxygen atoms in total. The SMILES string of the molecule is O=C(O)CCC[N+]1(CCO)CCN(CCO)CC1. The molecule has 0 saturated carbocycles. The molecular weight excluding hydrogens is 236 g/mol. The minimum Gasteiger partial charge on any atom is -0.481 e. The van der Waals surface area contributed by atoms with Crippen LogP contribution >= 0.6 is 0 Å². The zero-order valence-electron chi connectivity index (χ0n) is 10.9. The van der Waals surface area contributed by atoms with Crippen LogP contribution in [0.3, 0.4) is 0 Å². The molecule has 1 fully saturated rings. The molecule has 0 aromatic rings. The fourth-order valence-electron chi connectivity index (χ4n) is 2.63. The maximum atomic E-state index is 10.5. The molecule has 1 heterocycles. The molecule has 0 aromatic heterocycles. The van der Waals surface area contributed by atoms with E-state index in [1.165, 1.54) is 0 Å². The van der Waals surface area contributed by atoms with Crippen LogP contribution < -0.4 is 0 Å². The monoisotopic (exact) mass is 261 g/mol. The lowest BCUT2D eigenvalue weighted by Crippen LogP contribution is -2.61. The van der Waals surface area contributed by atoms with Crippen molar-refractivity contribution in [1.82, 2.24) is 4.90 Å². The summed E-state index contributed by atoms with van der Waals surface area (Å²) in [6.07, 6.45) is 0.862. The molecule has 0 unspecified atom stereocenters. The Bertz CT molecular complexity index is 252. The van der Waals surface area contributed by atoms with Crippen molar-refractivity contribution in [2.24, 2.45) is 0 Å². The number of quaternary nitrogens is 1. The number of hydrogen-bond acceptors (Lipinski definition) is 4. The average Bonchev–Trinajstić information content (AvgIpc) is 2.32. The van der Waals surface area contributed by atoms with E-state index in [2.05, 4.69) is 4.90 Å². The minimum atomic E-state index is -0.754. The fourth-order valence-corrected chi connectivity index (χ4v) is 2.63. The fraction of sp³-hybridized carbons (Fsp3) is 0.917. The van der Waals surface area contributed by atoms with E-state index in [4.69, 9.17) is 10.2 Å². The van der Waals surface area contributed by atoms with Crippen LogP contribution in [0.4, 0.5) is 0 Å². The first-order chi connectivity index (χ1) is 8.62. The van der Waals surface area contributed by atoms with E-state index in [9.17, 15) is 9.90 Å². The zero-order valence-corrected chi connectivity index (χ0v) is 10.9. The van der Waals surface area contributed by atoms with E-state index in [1.54, 1.807) is 0 Å². The van der Waals surface area contributed by atoms with Crippen LogP contribution in [-0.2, 0) is 4.79 Å². The quantitative estimate of drug-likeness (QED) is 0.487. The van der Waals surface area contributed by atoms with E-state index in [1.807, 2.05) is 0 Å². The number of aliphatic hydroxyl groups excluding tert-OH is 2. The van der Waals surface area contributed by atoms with Crippen LogP contribution in [0.5, 0.6) is 0 Å². The summed E-state index contributed by atoms with van der Waals surface area (Å²) >= 11 is 0. The molecule has 0 atom stereocenters. The Balaban J connectivity index is 2.42. The summed E-state index contributed by atoms with van der Waals surface area (Å²) in [7, 11) is 0. The molecule has 0 bridgehead atoms. The molecule has 0 aliphatic carbocycles. The van der Waals surface area contributed by atoms with Crippen molar-refractivity contribution in [3.8, 4) is 0 Å². The van der Waals surface area contributed by atoms with Crippen LogP contribution in [0, 0.1) is 0 Å². The van der Waals surface area contributed by atoms with Crippen molar-refractivity contribution in [3.63, 3.8) is 0 Å². The first kappa shape index (κ1) is 15.4. The predicted octanol–water partition coefficient (Wildman–Crippen LogP) is -1.03. The molecule has 1 aliphatic heterocycles. The Hall–Kier alpha value is -0.690. The lowest BCUT2D eigenvalue weighted by Gasteiger charge is -2.44. The number of carboxylic acids is 1. The van der Waals surface area contributed by atoms with Gasteiger partial charge in [0.15, 0.2) is 0 Å². The van der Waals surface area contributed by atoms with E-state index in [0.717, 1.165) is 37.2 Å². The van der Waals surface area contributed by atoms with Gasteiger partial charge in [0.05, 0.1) is 39.3 Å². The third-order valence-electron chi connectivity index (χ3n) is 3.79. The number of aliphatic carboxylic acids is 1. The van der Waals surface area contributed by atoms with E-state index in [0.29, 0.717) is 19.5 Å². The van der Waals surface area contributed by atoms with Gasteiger partial charge in [0.2, 0.25) is 0 Å². The summed E-state index contributed by atoms with van der Waals surface area (Å²) in [4.78, 5) is 12.8. The number of nitrogens with zero attached hydrogens (tertiary/aromatic N) is 2. The van der Waals surface area contributed by atoms with E-state index < -0.39 is 5.97 Å². The van der Waals surface area contributed by atoms with Crippen LogP contribution in [0.25, 0.3) is 0 Å². The van der Waals surface area contributed by atoms with Crippen molar-refractivity contribution in [2.45, 2.75) is 12.8 Å². The van der Waals surface area contributed by atoms with Gasteiger partial charge >= 0.3 is 5.97 Å². The highest BCUT2D eigenvalue weighted by molar-refractivity contribution is 5.66. The molecular formula is C12H25N2O4+. The first-order valence-electron chi connectivity index (χ1n) is 6.63. The average molecular weight is 261 g/mol. The highest BCUT2D eigenvalue weighted by atomic mass is 16.4. The molecule has 106 valence electrons. The zero-order chi connectivity index (χ0) is 13.4. The molecule has 0 amide bonds. The Morgan fingerprint density at radius 1 is 1.11 bits per heavy atom. The summed E-state index contributed by atoms with van der Waals surface area (Å²) in [6, 6.07) is 0. The highest BCUT2D eigenvalue weighted by Crippen LogP contribution is 2.14. The van der Waals surface area contributed by atoms with Crippen LogP contribution in [0.1, 0.15) is 12.8 Å². The molecule has 0 radical (unpaired) electrons. The van der Waals surface area contributed by atoms with Gasteiger partial charge in [0, 0.05) is 26.1 Å². The van der Waals surface area contributed by atoms with Crippen molar-refractivity contribution < 1.29 is 24.6 Å². The number of aliphatic hydroxyl groups is 2. The smallest absolute Gasteiger partial charge is 0.303 e. The molecule has 1 rings (SSSR count). The third kappa shape index (κ3) is 4.89. The number of hydrogen-bond donors (Lipinski definition) is 3. The van der Waals surface area contributed by atoms with Crippen molar-refractivity contribution >= 4 is 5.97 Å². The van der Waals surface area contributed by atoms with Crippen LogP contribution in [0.2, 0.25) is 0 Å². The predicted molar refractivity (Wildman–Crippen MR) is 67.2 cm³/mol. The number of piperazine rings is 1. The molecule has 0 spiro atoms. The largest absolute Gasteiger partial charge is 0.481 e. The second-order valence-corrected chi connectivity index (χ2v) is 5.02. The van der Waals surface area contributed by atoms with Gasteiger partial charge in [0.1, 0.15) is 6.54 Å². The van der Waals surface area contributed by atoms with Gasteiger partial charge in [-0.1, -0.05) is 0 Å². The summed E-state index contributed by atoms with van der Waals surface area (Å²) in [5.74, 6) is -0.754. The normalized spacial score (nSPS) is 19.9. The van der Waals surface area contributed by atoms with Gasteiger partial charge in [-0.15, -0.1) is 0 Å². The summed E-state index contributed by atoms with van der Waals surface area (Å²) in [6.45, 7) is 6.23. The minimum absolute atomic E-state index is 0.146. The van der Waals surface area contributed by atoms with Gasteiger partial charge in [-0.25, -0.2) is 0 Å².